The fraction of sp³-hybridized carbons (Fsp3) is 0.524. The van der Waals surface area contributed by atoms with Crippen LogP contribution in [0, 0.1) is 5.41 Å². The van der Waals surface area contributed by atoms with Crippen molar-refractivity contribution in [2.75, 3.05) is 31.3 Å². The summed E-state index contributed by atoms with van der Waals surface area (Å²) in [5.74, 6) is -0.273. The van der Waals surface area contributed by atoms with Gasteiger partial charge < -0.3 is 30.3 Å². The van der Waals surface area contributed by atoms with Crippen molar-refractivity contribution in [1.82, 2.24) is 29.1 Å². The molecule has 45 heavy (non-hydrogen) atoms. The Hall–Kier alpha value is -3.30. The summed E-state index contributed by atoms with van der Waals surface area (Å²) in [5, 5.41) is 10.6. The second kappa shape index (κ2) is 11.8. The summed E-state index contributed by atoms with van der Waals surface area (Å²) < 4.78 is 91.7. The Bertz CT molecular complexity index is 1730. The highest BCUT2D eigenvalue weighted by molar-refractivity contribution is 7.47. The molecule has 6 heterocycles. The van der Waals surface area contributed by atoms with E-state index in [4.69, 9.17) is 38.7 Å². The molecule has 0 bridgehead atoms. The van der Waals surface area contributed by atoms with Crippen molar-refractivity contribution in [2.24, 2.45) is 4.99 Å². The first-order chi connectivity index (χ1) is 21.3. The second-order valence-electron chi connectivity index (χ2n) is 9.88. The predicted molar refractivity (Wildman–Crippen MR) is 147 cm³/mol. The summed E-state index contributed by atoms with van der Waals surface area (Å²) in [5.41, 5.74) is 5.96. The molecular formula is C21H26F2N10O10P2. The minimum atomic E-state index is -5.14. The minimum absolute atomic E-state index is 0.00469. The molecule has 3 aliphatic rings. The standard InChI is InChI=1S/C21H26F2N10O10P2/c1-26-16(24)12-18(27-2)32(6-30-12)20-10(22)14-8(40-20)3-38-45(36,37)43-15-9(4-39-44(34,35)42-14)41-21(11(15)23)33-7-31-13-17(25)28-5-29-19(13)33/h5-11,14-15,20-21,24,27H,1,3-4H2,2H3,(H,34,35)(H,36,37)(H2,25,28,29)/t8-,9?,10-,11-,14-,15-,20-,21-/m1/s1. The SMILES string of the molecule is C=NC(=N)c1ncn([C@@H]2O[C@@H]3COP(=O)(O)O[C@@H]4C(COP(=O)(O)O[C@H]3[C@H]2F)O[C@@H](n2cnc3c(N)ncnc32)[C@@H]4F)c1NC. The number of hydrogen-bond acceptors (Lipinski definition) is 15. The van der Waals surface area contributed by atoms with E-state index in [2.05, 4.69) is 37.0 Å². The van der Waals surface area contributed by atoms with Gasteiger partial charge in [-0.2, -0.15) is 0 Å². The molecule has 3 saturated heterocycles. The highest BCUT2D eigenvalue weighted by atomic mass is 31.2. The van der Waals surface area contributed by atoms with Gasteiger partial charge in [-0.3, -0.25) is 32.6 Å². The lowest BCUT2D eigenvalue weighted by Gasteiger charge is -2.27. The van der Waals surface area contributed by atoms with Crippen LogP contribution in [0.1, 0.15) is 18.1 Å². The van der Waals surface area contributed by atoms with E-state index in [1.165, 1.54) is 7.05 Å². The number of phosphoric ester groups is 2. The van der Waals surface area contributed by atoms with E-state index < -0.39 is 78.1 Å². The van der Waals surface area contributed by atoms with Gasteiger partial charge in [-0.25, -0.2) is 42.8 Å². The smallest absolute Gasteiger partial charge is 0.382 e. The van der Waals surface area contributed by atoms with Gasteiger partial charge in [-0.15, -0.1) is 0 Å². The molecule has 3 aromatic rings. The summed E-state index contributed by atoms with van der Waals surface area (Å²) in [6.45, 7) is 1.43. The van der Waals surface area contributed by atoms with Crippen molar-refractivity contribution in [3.63, 3.8) is 0 Å². The number of amidine groups is 1. The first-order valence-electron chi connectivity index (χ1n) is 13.0. The van der Waals surface area contributed by atoms with E-state index in [1.54, 1.807) is 0 Å². The lowest BCUT2D eigenvalue weighted by Crippen LogP contribution is -2.37. The zero-order chi connectivity index (χ0) is 32.3. The minimum Gasteiger partial charge on any atom is -0.382 e. The van der Waals surface area contributed by atoms with Crippen LogP contribution >= 0.6 is 15.6 Å². The van der Waals surface area contributed by atoms with Crippen molar-refractivity contribution in [1.29, 1.82) is 5.41 Å². The van der Waals surface area contributed by atoms with E-state index >= 15 is 8.78 Å². The molecule has 0 aliphatic carbocycles. The molecular weight excluding hydrogens is 652 g/mol. The number of nitrogen functional groups attached to an aromatic ring is 1. The molecule has 24 heteroatoms. The molecule has 3 fully saturated rings. The summed E-state index contributed by atoms with van der Waals surface area (Å²) in [6, 6.07) is 0. The molecule has 6 rings (SSSR count). The Balaban J connectivity index is 1.27. The molecule has 10 atom stereocenters. The van der Waals surface area contributed by atoms with Gasteiger partial charge in [-0.1, -0.05) is 0 Å². The molecule has 3 aromatic heterocycles. The molecule has 6 N–H and O–H groups in total. The van der Waals surface area contributed by atoms with Gasteiger partial charge in [0.25, 0.3) is 0 Å². The zero-order valence-corrected chi connectivity index (χ0v) is 24.8. The summed E-state index contributed by atoms with van der Waals surface area (Å²) in [4.78, 5) is 40.4. The van der Waals surface area contributed by atoms with Crippen LogP contribution in [0.3, 0.4) is 0 Å². The van der Waals surface area contributed by atoms with Crippen molar-refractivity contribution in [2.45, 2.75) is 49.2 Å². The number of nitrogens with two attached hydrogens (primary N) is 1. The molecule has 20 nitrogen and oxygen atoms in total. The van der Waals surface area contributed by atoms with Crippen LogP contribution in [-0.4, -0.2) is 108 Å². The molecule has 0 spiro atoms. The van der Waals surface area contributed by atoms with Crippen molar-refractivity contribution in [3.8, 4) is 0 Å². The third-order valence-corrected chi connectivity index (χ3v) is 9.17. The van der Waals surface area contributed by atoms with E-state index in [0.717, 1.165) is 28.1 Å². The van der Waals surface area contributed by atoms with Crippen LogP contribution < -0.4 is 11.1 Å². The monoisotopic (exact) mass is 678 g/mol. The lowest BCUT2D eigenvalue weighted by atomic mass is 10.1. The number of anilines is 2. The number of fused-ring (bicyclic) bond motifs is 3. The maximum Gasteiger partial charge on any atom is 0.472 e. The first-order valence-corrected chi connectivity index (χ1v) is 16.0. The topological polar surface area (TPSA) is 266 Å². The van der Waals surface area contributed by atoms with E-state index in [0.29, 0.717) is 0 Å². The van der Waals surface area contributed by atoms with Gasteiger partial charge in [0.2, 0.25) is 0 Å². The molecule has 3 unspecified atom stereocenters. The Kier molecular flexibility index (Phi) is 8.31. The predicted octanol–water partition coefficient (Wildman–Crippen LogP) is 0.862. The lowest BCUT2D eigenvalue weighted by molar-refractivity contribution is -0.0664. The van der Waals surface area contributed by atoms with Crippen molar-refractivity contribution < 1.29 is 55.3 Å². The van der Waals surface area contributed by atoms with E-state index in [9.17, 15) is 18.9 Å². The highest BCUT2D eigenvalue weighted by Crippen LogP contribution is 2.54. The summed E-state index contributed by atoms with van der Waals surface area (Å²) in [6.07, 6.45) is -11.2. The Morgan fingerprint density at radius 2 is 1.58 bits per heavy atom. The molecule has 0 saturated carbocycles. The number of nitrogens with one attached hydrogen (secondary N) is 2. The number of phosphoric acid groups is 2. The van der Waals surface area contributed by atoms with Crippen LogP contribution in [0.5, 0.6) is 0 Å². The maximum atomic E-state index is 15.9. The first kappa shape index (κ1) is 31.7. The number of hydrogen-bond donors (Lipinski definition) is 5. The van der Waals surface area contributed by atoms with E-state index in [1.807, 2.05) is 0 Å². The van der Waals surface area contributed by atoms with Crippen LogP contribution in [0.25, 0.3) is 11.2 Å². The van der Waals surface area contributed by atoms with Crippen LogP contribution in [-0.2, 0) is 36.7 Å². The number of ether oxygens (including phenoxy) is 2. The van der Waals surface area contributed by atoms with E-state index in [-0.39, 0.29) is 34.3 Å². The van der Waals surface area contributed by atoms with Gasteiger partial charge in [-0.05, 0) is 6.72 Å². The number of aliphatic imine (C=N–C) groups is 1. The van der Waals surface area contributed by atoms with Gasteiger partial charge in [0, 0.05) is 7.05 Å². The third-order valence-electron chi connectivity index (χ3n) is 7.20. The quantitative estimate of drug-likeness (QED) is 0.145. The molecule has 244 valence electrons. The number of rotatable bonds is 4. The Morgan fingerprint density at radius 3 is 2.13 bits per heavy atom. The number of imidazole rings is 2. The fourth-order valence-electron chi connectivity index (χ4n) is 5.17. The number of alkyl halides is 2. The van der Waals surface area contributed by atoms with Crippen LogP contribution in [0.4, 0.5) is 20.4 Å². The number of halogens is 2. The average molecular weight is 678 g/mol. The van der Waals surface area contributed by atoms with Crippen molar-refractivity contribution in [3.05, 3.63) is 24.7 Å². The third kappa shape index (κ3) is 5.78. The largest absolute Gasteiger partial charge is 0.472 e. The number of nitrogens with zero attached hydrogens (tertiary/aromatic N) is 7. The van der Waals surface area contributed by atoms with Gasteiger partial charge in [0.15, 0.2) is 42.1 Å². The molecule has 0 aromatic carbocycles. The summed E-state index contributed by atoms with van der Waals surface area (Å²) >= 11 is 0. The number of aromatic nitrogens is 6. The normalized spacial score (nSPS) is 37.4. The average Bonchev–Trinajstić information content (AvgIpc) is 3.75. The second-order valence-corrected chi connectivity index (χ2v) is 12.7. The van der Waals surface area contributed by atoms with Crippen LogP contribution in [0.2, 0.25) is 0 Å². The highest BCUT2D eigenvalue weighted by Gasteiger charge is 2.55. The molecule has 0 amide bonds. The Labute approximate surface area is 251 Å². The maximum absolute atomic E-state index is 15.9. The fourth-order valence-corrected chi connectivity index (χ4v) is 7.08. The van der Waals surface area contributed by atoms with Gasteiger partial charge in [0.05, 0.1) is 25.9 Å². The van der Waals surface area contributed by atoms with Gasteiger partial charge in [0.1, 0.15) is 47.8 Å². The van der Waals surface area contributed by atoms with Crippen LogP contribution in [0.15, 0.2) is 24.0 Å². The van der Waals surface area contributed by atoms with Crippen molar-refractivity contribution >= 4 is 51.0 Å². The molecule has 0 radical (unpaired) electrons. The van der Waals surface area contributed by atoms with Gasteiger partial charge >= 0.3 is 15.6 Å². The zero-order valence-electron chi connectivity index (χ0n) is 23.0. The Morgan fingerprint density at radius 1 is 1.02 bits per heavy atom. The summed E-state index contributed by atoms with van der Waals surface area (Å²) in [7, 11) is -8.83. The molecule has 3 aliphatic heterocycles.